The molecule has 0 amide bonds. The first-order valence-corrected chi connectivity index (χ1v) is 17.3. The maximum atomic E-state index is 6.67. The van der Waals surface area contributed by atoms with Gasteiger partial charge >= 0.3 is 0 Å². The van der Waals surface area contributed by atoms with Gasteiger partial charge in [0, 0.05) is 38.3 Å². The molecule has 0 aliphatic heterocycles. The predicted octanol–water partition coefficient (Wildman–Crippen LogP) is 12.6. The van der Waals surface area contributed by atoms with Gasteiger partial charge in [-0.3, -0.25) is 0 Å². The second-order valence-corrected chi connectivity index (χ2v) is 13.1. The zero-order valence-electron chi connectivity index (χ0n) is 28.0. The van der Waals surface area contributed by atoms with E-state index in [9.17, 15) is 0 Å². The number of nitrogens with two attached hydrogens (primary N) is 1. The van der Waals surface area contributed by atoms with Crippen LogP contribution in [0, 0.1) is 0 Å². The molecule has 7 aromatic carbocycles. The molecule has 0 unspecified atom stereocenters. The third kappa shape index (κ3) is 4.47. The van der Waals surface area contributed by atoms with Crippen LogP contribution in [0.15, 0.2) is 168 Å². The quantitative estimate of drug-likeness (QED) is 0.201. The molecule has 0 atom stereocenters. The normalized spacial score (nSPS) is 12.0. The van der Waals surface area contributed by atoms with Crippen molar-refractivity contribution in [3.8, 4) is 33.6 Å². The van der Waals surface area contributed by atoms with Crippen molar-refractivity contribution in [1.82, 2.24) is 9.13 Å². The molecule has 51 heavy (non-hydrogen) atoms. The first-order valence-electron chi connectivity index (χ1n) is 17.3. The van der Waals surface area contributed by atoms with Crippen LogP contribution in [0.4, 0.5) is 5.69 Å². The van der Waals surface area contributed by atoms with E-state index in [4.69, 9.17) is 10.2 Å². The minimum atomic E-state index is 0.656. The number of benzene rings is 7. The lowest BCUT2D eigenvalue weighted by Gasteiger charge is -2.14. The van der Waals surface area contributed by atoms with Gasteiger partial charge in [-0.25, -0.2) is 0 Å². The fourth-order valence-electron chi connectivity index (χ4n) is 7.92. The lowest BCUT2D eigenvalue weighted by Crippen LogP contribution is -1.95. The molecule has 10 rings (SSSR count). The summed E-state index contributed by atoms with van der Waals surface area (Å²) in [6, 6.07) is 56.7. The van der Waals surface area contributed by atoms with E-state index in [-0.39, 0.29) is 0 Å². The van der Waals surface area contributed by atoms with Gasteiger partial charge in [-0.05, 0) is 108 Å². The smallest absolute Gasteiger partial charge is 0.150 e. The van der Waals surface area contributed by atoms with Crippen molar-refractivity contribution in [1.29, 1.82) is 0 Å². The minimum Gasteiger partial charge on any atom is -0.454 e. The highest BCUT2D eigenvalue weighted by molar-refractivity contribution is 6.14. The van der Waals surface area contributed by atoms with Crippen molar-refractivity contribution in [3.63, 3.8) is 0 Å². The molecule has 4 heteroatoms. The Labute approximate surface area is 294 Å². The standard InChI is InChI=1S/C47H33N3O/c1-2-13-46-47(48)40-27-31(23-25-45(40)51-46)36-28-39-35-19-10-12-21-42(35)50(33-16-7-4-8-17-33)44(39)29-37(36)30-22-24-43-38(26-30)34-18-9-11-20-41(34)49(43)32-14-5-3-6-15-32/h2-29H,48H2,1H3/b13-2-. The van der Waals surface area contributed by atoms with Crippen molar-refractivity contribution in [2.45, 2.75) is 6.92 Å². The van der Waals surface area contributed by atoms with Crippen LogP contribution in [-0.4, -0.2) is 9.13 Å². The van der Waals surface area contributed by atoms with Crippen molar-refractivity contribution in [2.24, 2.45) is 0 Å². The van der Waals surface area contributed by atoms with Crippen molar-refractivity contribution >= 4 is 66.3 Å². The highest BCUT2D eigenvalue weighted by Gasteiger charge is 2.20. The second-order valence-electron chi connectivity index (χ2n) is 13.1. The summed E-state index contributed by atoms with van der Waals surface area (Å²) < 4.78 is 10.9. The average molecular weight is 656 g/mol. The van der Waals surface area contributed by atoms with E-state index in [1.807, 2.05) is 25.1 Å². The number of nitrogen functional groups attached to an aromatic ring is 1. The summed E-state index contributed by atoms with van der Waals surface area (Å²) in [6.07, 6.45) is 3.88. The SMILES string of the molecule is C/C=C\c1oc2ccc(-c3cc4c5ccccc5n(-c5ccccc5)c4cc3-c3ccc4c(c3)c3ccccc3n4-c3ccccc3)cc2c1N. The fourth-order valence-corrected chi connectivity index (χ4v) is 7.92. The first kappa shape index (κ1) is 29.2. The number of allylic oxidation sites excluding steroid dienone is 1. The van der Waals surface area contributed by atoms with E-state index in [0.29, 0.717) is 11.4 Å². The number of hydrogen-bond donors (Lipinski definition) is 1. The average Bonchev–Trinajstić information content (AvgIpc) is 3.81. The van der Waals surface area contributed by atoms with Crippen molar-refractivity contribution in [3.05, 3.63) is 170 Å². The van der Waals surface area contributed by atoms with Crippen LogP contribution in [0.25, 0.3) is 94.3 Å². The Bertz CT molecular complexity index is 2980. The number of hydrogen-bond acceptors (Lipinski definition) is 2. The molecule has 4 nitrogen and oxygen atoms in total. The van der Waals surface area contributed by atoms with Crippen molar-refractivity contribution in [2.75, 3.05) is 5.73 Å². The fraction of sp³-hybridized carbons (Fsp3) is 0.0213. The van der Waals surface area contributed by atoms with Crippen LogP contribution in [0.5, 0.6) is 0 Å². The van der Waals surface area contributed by atoms with E-state index in [2.05, 4.69) is 161 Å². The van der Waals surface area contributed by atoms with Crippen LogP contribution >= 0.6 is 0 Å². The third-order valence-electron chi connectivity index (χ3n) is 10.2. The summed E-state index contributed by atoms with van der Waals surface area (Å²) in [5.74, 6) is 0.687. The van der Waals surface area contributed by atoms with Crippen LogP contribution < -0.4 is 5.73 Å². The van der Waals surface area contributed by atoms with E-state index < -0.39 is 0 Å². The molecule has 0 fully saturated rings. The Morgan fingerprint density at radius 1 is 0.471 bits per heavy atom. The van der Waals surface area contributed by atoms with E-state index in [1.54, 1.807) is 0 Å². The molecule has 0 bridgehead atoms. The Morgan fingerprint density at radius 2 is 0.980 bits per heavy atom. The molecule has 0 spiro atoms. The number of aromatic nitrogens is 2. The largest absolute Gasteiger partial charge is 0.454 e. The van der Waals surface area contributed by atoms with Gasteiger partial charge in [-0.15, -0.1) is 0 Å². The number of furan rings is 1. The van der Waals surface area contributed by atoms with E-state index >= 15 is 0 Å². The van der Waals surface area contributed by atoms with Gasteiger partial charge in [0.15, 0.2) is 5.76 Å². The maximum Gasteiger partial charge on any atom is 0.150 e. The van der Waals surface area contributed by atoms with Crippen LogP contribution in [0.3, 0.4) is 0 Å². The van der Waals surface area contributed by atoms with Crippen molar-refractivity contribution < 1.29 is 4.42 Å². The van der Waals surface area contributed by atoms with Gasteiger partial charge in [0.05, 0.1) is 27.8 Å². The van der Waals surface area contributed by atoms with Gasteiger partial charge in [-0.1, -0.05) is 91.0 Å². The summed E-state index contributed by atoms with van der Waals surface area (Å²) in [7, 11) is 0. The van der Waals surface area contributed by atoms with Gasteiger partial charge in [0.2, 0.25) is 0 Å². The zero-order valence-corrected chi connectivity index (χ0v) is 28.0. The van der Waals surface area contributed by atoms with E-state index in [0.717, 1.165) is 50.1 Å². The lowest BCUT2D eigenvalue weighted by molar-refractivity contribution is 0.606. The third-order valence-corrected chi connectivity index (χ3v) is 10.2. The number of anilines is 1. The minimum absolute atomic E-state index is 0.656. The molecule has 0 aliphatic rings. The molecule has 3 heterocycles. The van der Waals surface area contributed by atoms with E-state index in [1.165, 1.54) is 38.1 Å². The van der Waals surface area contributed by atoms with Crippen LogP contribution in [0.2, 0.25) is 0 Å². The molecule has 242 valence electrons. The summed E-state index contributed by atoms with van der Waals surface area (Å²) in [5.41, 5.74) is 19.6. The monoisotopic (exact) mass is 655 g/mol. The number of rotatable bonds is 5. The summed E-state index contributed by atoms with van der Waals surface area (Å²) >= 11 is 0. The molecule has 0 saturated carbocycles. The molecule has 10 aromatic rings. The highest BCUT2D eigenvalue weighted by Crippen LogP contribution is 2.44. The molecule has 2 N–H and O–H groups in total. The van der Waals surface area contributed by atoms with Gasteiger partial charge in [0.1, 0.15) is 5.58 Å². The molecule has 0 radical (unpaired) electrons. The first-order chi connectivity index (χ1) is 25.2. The summed E-state index contributed by atoms with van der Waals surface area (Å²) in [4.78, 5) is 0. The molecular formula is C47H33N3O. The predicted molar refractivity (Wildman–Crippen MR) is 215 cm³/mol. The van der Waals surface area contributed by atoms with Crippen LogP contribution in [0.1, 0.15) is 12.7 Å². The topological polar surface area (TPSA) is 49.0 Å². The van der Waals surface area contributed by atoms with Crippen LogP contribution in [-0.2, 0) is 0 Å². The Balaban J connectivity index is 1.30. The summed E-state index contributed by atoms with van der Waals surface area (Å²) in [5, 5.41) is 5.77. The Hall–Kier alpha value is -6.78. The zero-order chi connectivity index (χ0) is 34.1. The van der Waals surface area contributed by atoms with Gasteiger partial charge in [-0.2, -0.15) is 0 Å². The maximum absolute atomic E-state index is 6.67. The lowest BCUT2D eigenvalue weighted by atomic mass is 9.91. The highest BCUT2D eigenvalue weighted by atomic mass is 16.3. The summed E-state index contributed by atoms with van der Waals surface area (Å²) in [6.45, 7) is 1.97. The number of para-hydroxylation sites is 4. The molecule has 0 saturated heterocycles. The molecular weight excluding hydrogens is 623 g/mol. The Kier molecular flexibility index (Phi) is 6.52. The van der Waals surface area contributed by atoms with Gasteiger partial charge < -0.3 is 19.3 Å². The number of fused-ring (bicyclic) bond motifs is 7. The van der Waals surface area contributed by atoms with Gasteiger partial charge in [0.25, 0.3) is 0 Å². The Morgan fingerprint density at radius 3 is 1.63 bits per heavy atom. The molecule has 0 aliphatic carbocycles. The second kappa shape index (κ2) is 11.4. The number of nitrogens with zero attached hydrogens (tertiary/aromatic N) is 2. The molecule has 3 aromatic heterocycles.